The van der Waals surface area contributed by atoms with Crippen LogP contribution in [0.15, 0.2) is 60.3 Å². The van der Waals surface area contributed by atoms with Crippen LogP contribution in [0.1, 0.15) is 0 Å². The van der Waals surface area contributed by atoms with Crippen molar-refractivity contribution in [3.05, 3.63) is 61.2 Å². The number of hydrogen-bond acceptors (Lipinski definition) is 6. The first-order chi connectivity index (χ1) is 13.0. The first-order valence-corrected chi connectivity index (χ1v) is 9.79. The van der Waals surface area contributed by atoms with Gasteiger partial charge in [-0.05, 0) is 18.2 Å². The fourth-order valence-electron chi connectivity index (χ4n) is 2.98. The molecule has 0 saturated carbocycles. The molecule has 1 aliphatic rings. The molecule has 1 aromatic carbocycles. The van der Waals surface area contributed by atoms with E-state index in [4.69, 9.17) is 0 Å². The molecule has 0 N–H and O–H groups in total. The molecule has 0 spiro atoms. The highest BCUT2D eigenvalue weighted by Crippen LogP contribution is 2.21. The van der Waals surface area contributed by atoms with Gasteiger partial charge in [-0.25, -0.2) is 27.8 Å². The molecule has 3 aromatic rings. The van der Waals surface area contributed by atoms with E-state index in [1.54, 1.807) is 23.3 Å². The van der Waals surface area contributed by atoms with Crippen LogP contribution in [0.4, 0.5) is 10.2 Å². The van der Waals surface area contributed by atoms with Crippen molar-refractivity contribution < 1.29 is 12.8 Å². The fraction of sp³-hybridized carbons (Fsp3) is 0.235. The summed E-state index contributed by atoms with van der Waals surface area (Å²) in [6, 6.07) is 6.91. The minimum Gasteiger partial charge on any atom is -0.354 e. The van der Waals surface area contributed by atoms with Crippen LogP contribution in [0.3, 0.4) is 0 Å². The van der Waals surface area contributed by atoms with Gasteiger partial charge in [-0.3, -0.25) is 4.57 Å². The maximum atomic E-state index is 13.4. The molecule has 0 radical (unpaired) electrons. The van der Waals surface area contributed by atoms with Crippen LogP contribution in [0, 0.1) is 5.82 Å². The Labute approximate surface area is 156 Å². The zero-order valence-corrected chi connectivity index (χ0v) is 15.1. The van der Waals surface area contributed by atoms with Crippen LogP contribution in [-0.4, -0.2) is 58.4 Å². The summed E-state index contributed by atoms with van der Waals surface area (Å²) in [5.41, 5.74) is 0. The number of hydrogen-bond donors (Lipinski definition) is 0. The molecule has 140 valence electrons. The number of halogens is 1. The maximum absolute atomic E-state index is 13.4. The van der Waals surface area contributed by atoms with Crippen molar-refractivity contribution in [2.24, 2.45) is 0 Å². The summed E-state index contributed by atoms with van der Waals surface area (Å²) in [4.78, 5) is 14.5. The van der Waals surface area contributed by atoms with Gasteiger partial charge < -0.3 is 4.90 Å². The molecule has 27 heavy (non-hydrogen) atoms. The zero-order valence-electron chi connectivity index (χ0n) is 14.3. The summed E-state index contributed by atoms with van der Waals surface area (Å²) in [6.45, 7) is 1.55. The third-order valence-electron chi connectivity index (χ3n) is 4.40. The average molecular weight is 388 g/mol. The molecular formula is C17H17FN6O2S. The number of rotatable bonds is 4. The Hall–Kier alpha value is -2.85. The Bertz CT molecular complexity index is 1030. The Morgan fingerprint density at radius 2 is 1.78 bits per heavy atom. The number of sulfonamides is 1. The van der Waals surface area contributed by atoms with Gasteiger partial charge >= 0.3 is 0 Å². The second-order valence-corrected chi connectivity index (χ2v) is 7.99. The monoisotopic (exact) mass is 388 g/mol. The van der Waals surface area contributed by atoms with E-state index in [2.05, 4.69) is 15.0 Å². The summed E-state index contributed by atoms with van der Waals surface area (Å²) in [7, 11) is -3.71. The molecule has 3 heterocycles. The van der Waals surface area contributed by atoms with E-state index in [1.165, 1.54) is 28.8 Å². The second kappa shape index (κ2) is 7.05. The van der Waals surface area contributed by atoms with Gasteiger partial charge in [0.2, 0.25) is 10.0 Å². The van der Waals surface area contributed by atoms with Crippen LogP contribution >= 0.6 is 0 Å². The quantitative estimate of drug-likeness (QED) is 0.670. The van der Waals surface area contributed by atoms with Gasteiger partial charge in [0.1, 0.15) is 30.1 Å². The molecule has 1 fully saturated rings. The second-order valence-electron chi connectivity index (χ2n) is 6.05. The summed E-state index contributed by atoms with van der Waals surface area (Å²) in [5.74, 6) is 0.839. The highest BCUT2D eigenvalue weighted by molar-refractivity contribution is 7.89. The summed E-state index contributed by atoms with van der Waals surface area (Å²) in [5, 5.41) is 0. The SMILES string of the molecule is O=S(=O)(c1cccc(F)c1)N1CCN(c2cc(-n3ccnc3)ncn2)CC1. The van der Waals surface area contributed by atoms with Crippen molar-refractivity contribution >= 4 is 15.8 Å². The Kier molecular flexibility index (Phi) is 4.58. The number of aromatic nitrogens is 4. The molecule has 8 nitrogen and oxygen atoms in total. The van der Waals surface area contributed by atoms with Crippen molar-refractivity contribution in [3.8, 4) is 5.82 Å². The molecule has 0 amide bonds. The molecule has 0 bridgehead atoms. The van der Waals surface area contributed by atoms with E-state index in [-0.39, 0.29) is 4.90 Å². The van der Waals surface area contributed by atoms with E-state index >= 15 is 0 Å². The molecule has 0 atom stereocenters. The van der Waals surface area contributed by atoms with Crippen molar-refractivity contribution in [1.82, 2.24) is 23.8 Å². The zero-order chi connectivity index (χ0) is 18.9. The number of benzene rings is 1. The third-order valence-corrected chi connectivity index (χ3v) is 6.30. The molecule has 1 saturated heterocycles. The van der Waals surface area contributed by atoms with Gasteiger partial charge in [0.15, 0.2) is 0 Å². The van der Waals surface area contributed by atoms with Crippen LogP contribution < -0.4 is 4.90 Å². The first-order valence-electron chi connectivity index (χ1n) is 8.35. The van der Waals surface area contributed by atoms with Gasteiger partial charge in [-0.15, -0.1) is 0 Å². The smallest absolute Gasteiger partial charge is 0.243 e. The van der Waals surface area contributed by atoms with Gasteiger partial charge in [0.25, 0.3) is 0 Å². The van der Waals surface area contributed by atoms with Crippen LogP contribution in [0.25, 0.3) is 5.82 Å². The Morgan fingerprint density at radius 3 is 2.48 bits per heavy atom. The molecule has 1 aliphatic heterocycles. The Morgan fingerprint density at radius 1 is 1.00 bits per heavy atom. The molecule has 2 aromatic heterocycles. The van der Waals surface area contributed by atoms with Gasteiger partial charge in [0, 0.05) is 44.6 Å². The molecule has 0 unspecified atom stereocenters. The van der Waals surface area contributed by atoms with Crippen LogP contribution in [0.5, 0.6) is 0 Å². The third kappa shape index (κ3) is 3.53. The highest BCUT2D eigenvalue weighted by Gasteiger charge is 2.29. The largest absolute Gasteiger partial charge is 0.354 e. The fourth-order valence-corrected chi connectivity index (χ4v) is 4.43. The van der Waals surface area contributed by atoms with Crippen molar-refractivity contribution in [2.45, 2.75) is 4.90 Å². The predicted octanol–water partition coefficient (Wildman–Crippen LogP) is 1.31. The minimum absolute atomic E-state index is 0.0274. The van der Waals surface area contributed by atoms with Gasteiger partial charge in [0.05, 0.1) is 4.90 Å². The highest BCUT2D eigenvalue weighted by atomic mass is 32.2. The lowest BCUT2D eigenvalue weighted by molar-refractivity contribution is 0.383. The standard InChI is InChI=1S/C17H17FN6O2S/c18-14-2-1-3-15(10-14)27(25,26)24-8-6-22(7-9-24)16-11-17(21-12-20-16)23-5-4-19-13-23/h1-5,10-13H,6-9H2. The minimum atomic E-state index is -3.71. The summed E-state index contributed by atoms with van der Waals surface area (Å²) in [6.07, 6.45) is 6.57. The maximum Gasteiger partial charge on any atom is 0.243 e. The predicted molar refractivity (Wildman–Crippen MR) is 96.5 cm³/mol. The lowest BCUT2D eigenvalue weighted by Crippen LogP contribution is -2.49. The molecular weight excluding hydrogens is 371 g/mol. The van der Waals surface area contributed by atoms with E-state index < -0.39 is 15.8 Å². The van der Waals surface area contributed by atoms with Crippen molar-refractivity contribution in [1.29, 1.82) is 0 Å². The number of nitrogens with zero attached hydrogens (tertiary/aromatic N) is 6. The van der Waals surface area contributed by atoms with E-state index in [0.717, 1.165) is 11.9 Å². The van der Waals surface area contributed by atoms with E-state index in [1.807, 2.05) is 11.0 Å². The molecule has 4 rings (SSSR count). The van der Waals surface area contributed by atoms with Crippen LogP contribution in [-0.2, 0) is 10.0 Å². The number of anilines is 1. The number of piperazine rings is 1. The van der Waals surface area contributed by atoms with E-state index in [9.17, 15) is 12.8 Å². The summed E-state index contributed by atoms with van der Waals surface area (Å²) < 4.78 is 41.9. The average Bonchev–Trinajstić information content (AvgIpc) is 3.23. The molecule has 10 heteroatoms. The topological polar surface area (TPSA) is 84.2 Å². The van der Waals surface area contributed by atoms with Crippen molar-refractivity contribution in [3.63, 3.8) is 0 Å². The Balaban J connectivity index is 1.49. The van der Waals surface area contributed by atoms with Gasteiger partial charge in [-0.1, -0.05) is 6.07 Å². The van der Waals surface area contributed by atoms with E-state index in [0.29, 0.717) is 32.0 Å². The first kappa shape index (κ1) is 17.6. The number of imidazole rings is 1. The van der Waals surface area contributed by atoms with Gasteiger partial charge in [-0.2, -0.15) is 4.31 Å². The van der Waals surface area contributed by atoms with Crippen LogP contribution in [0.2, 0.25) is 0 Å². The van der Waals surface area contributed by atoms with Crippen molar-refractivity contribution in [2.75, 3.05) is 31.1 Å². The summed E-state index contributed by atoms with van der Waals surface area (Å²) >= 11 is 0. The normalized spacial score (nSPS) is 15.8. The lowest BCUT2D eigenvalue weighted by atomic mass is 10.3. The molecule has 0 aliphatic carbocycles. The lowest BCUT2D eigenvalue weighted by Gasteiger charge is -2.34.